The Morgan fingerprint density at radius 2 is 1.62 bits per heavy atom. The first kappa shape index (κ1) is 9.47. The molecule has 13 heavy (non-hydrogen) atoms. The fraction of sp³-hybridized carbons (Fsp3) is 1.00. The van der Waals surface area contributed by atoms with Crippen LogP contribution in [0.1, 0.15) is 33.6 Å². The number of ether oxygens (including phenoxy) is 1. The van der Waals surface area contributed by atoms with Gasteiger partial charge in [0.05, 0.1) is 0 Å². The molecule has 1 saturated heterocycles. The van der Waals surface area contributed by atoms with E-state index in [1.54, 1.807) is 0 Å². The van der Waals surface area contributed by atoms with Crippen LogP contribution < -0.4 is 5.73 Å². The van der Waals surface area contributed by atoms with E-state index in [-0.39, 0.29) is 0 Å². The predicted octanol–water partition coefficient (Wildman–Crippen LogP) is 1.79. The van der Waals surface area contributed by atoms with Gasteiger partial charge in [-0.25, -0.2) is 0 Å². The van der Waals surface area contributed by atoms with Crippen LogP contribution in [-0.2, 0) is 4.74 Å². The number of hydrogen-bond acceptors (Lipinski definition) is 2. The second-order valence-electron chi connectivity index (χ2n) is 5.59. The van der Waals surface area contributed by atoms with Gasteiger partial charge < -0.3 is 10.5 Å². The van der Waals surface area contributed by atoms with Crippen molar-refractivity contribution in [1.82, 2.24) is 0 Å². The summed E-state index contributed by atoms with van der Waals surface area (Å²) in [6.07, 6.45) is 2.38. The average molecular weight is 183 g/mol. The van der Waals surface area contributed by atoms with Crippen molar-refractivity contribution in [2.75, 3.05) is 13.2 Å². The monoisotopic (exact) mass is 183 g/mol. The van der Waals surface area contributed by atoms with Gasteiger partial charge in [-0.3, -0.25) is 0 Å². The molecule has 2 heteroatoms. The minimum atomic E-state index is 0.367. The summed E-state index contributed by atoms with van der Waals surface area (Å²) in [5.74, 6) is 0.712. The van der Waals surface area contributed by atoms with Crippen LogP contribution in [0, 0.1) is 16.7 Å². The molecular weight excluding hydrogens is 162 g/mol. The van der Waals surface area contributed by atoms with Gasteiger partial charge in [0.1, 0.15) is 0 Å². The van der Waals surface area contributed by atoms with Crippen LogP contribution in [0.5, 0.6) is 0 Å². The van der Waals surface area contributed by atoms with Crippen molar-refractivity contribution in [3.63, 3.8) is 0 Å². The van der Waals surface area contributed by atoms with Crippen LogP contribution >= 0.6 is 0 Å². The lowest BCUT2D eigenvalue weighted by Gasteiger charge is -2.35. The first-order valence-corrected chi connectivity index (χ1v) is 5.32. The maximum absolute atomic E-state index is 6.12. The molecule has 0 aromatic rings. The number of nitrogens with two attached hydrogens (primary N) is 1. The minimum Gasteiger partial charge on any atom is -0.381 e. The van der Waals surface area contributed by atoms with Gasteiger partial charge in [0, 0.05) is 19.3 Å². The minimum absolute atomic E-state index is 0.367. The average Bonchev–Trinajstić information content (AvgIpc) is 2.53. The van der Waals surface area contributed by atoms with E-state index in [1.165, 1.54) is 12.8 Å². The van der Waals surface area contributed by atoms with Crippen LogP contribution in [0.4, 0.5) is 0 Å². The van der Waals surface area contributed by atoms with E-state index in [0.29, 0.717) is 22.8 Å². The molecule has 0 radical (unpaired) electrons. The third-order valence-corrected chi connectivity index (χ3v) is 4.30. The fourth-order valence-electron chi connectivity index (χ4n) is 3.16. The van der Waals surface area contributed by atoms with Gasteiger partial charge >= 0.3 is 0 Å². The smallest absolute Gasteiger partial charge is 0.0471 e. The molecule has 0 bridgehead atoms. The highest BCUT2D eigenvalue weighted by molar-refractivity contribution is 5.15. The van der Waals surface area contributed by atoms with Crippen LogP contribution in [0.25, 0.3) is 0 Å². The van der Waals surface area contributed by atoms with Crippen molar-refractivity contribution in [3.05, 3.63) is 0 Å². The molecule has 1 heterocycles. The van der Waals surface area contributed by atoms with E-state index in [9.17, 15) is 0 Å². The third kappa shape index (κ3) is 1.31. The Labute approximate surface area is 80.8 Å². The number of hydrogen-bond donors (Lipinski definition) is 1. The second-order valence-corrected chi connectivity index (χ2v) is 5.59. The van der Waals surface area contributed by atoms with Gasteiger partial charge in [0.25, 0.3) is 0 Å². The summed E-state index contributed by atoms with van der Waals surface area (Å²) in [5.41, 5.74) is 6.93. The molecule has 0 amide bonds. The molecule has 2 fully saturated rings. The van der Waals surface area contributed by atoms with E-state index >= 15 is 0 Å². The largest absolute Gasteiger partial charge is 0.381 e. The van der Waals surface area contributed by atoms with E-state index < -0.39 is 0 Å². The molecule has 2 atom stereocenters. The van der Waals surface area contributed by atoms with Crippen molar-refractivity contribution in [1.29, 1.82) is 0 Å². The molecule has 0 aromatic carbocycles. The molecule has 1 aliphatic heterocycles. The van der Waals surface area contributed by atoms with Gasteiger partial charge in [-0.15, -0.1) is 0 Å². The quantitative estimate of drug-likeness (QED) is 0.672. The summed E-state index contributed by atoms with van der Waals surface area (Å²) >= 11 is 0. The molecule has 0 spiro atoms. The Hall–Kier alpha value is -0.0800. The molecule has 0 unspecified atom stereocenters. The summed E-state index contributed by atoms with van der Waals surface area (Å²) < 4.78 is 5.41. The fourth-order valence-corrected chi connectivity index (χ4v) is 3.16. The molecule has 2 nitrogen and oxygen atoms in total. The molecule has 76 valence electrons. The molecule has 2 rings (SSSR count). The van der Waals surface area contributed by atoms with Crippen LogP contribution in [0.2, 0.25) is 0 Å². The van der Waals surface area contributed by atoms with Gasteiger partial charge in [-0.1, -0.05) is 20.8 Å². The van der Waals surface area contributed by atoms with Gasteiger partial charge in [-0.05, 0) is 29.6 Å². The molecule has 2 aliphatic rings. The lowest BCUT2D eigenvalue weighted by molar-refractivity contribution is 0.00636. The number of rotatable bonds is 1. The first-order chi connectivity index (χ1) is 5.98. The maximum atomic E-state index is 6.12. The Bertz CT molecular complexity index is 206. The van der Waals surface area contributed by atoms with Crippen LogP contribution in [0.15, 0.2) is 0 Å². The van der Waals surface area contributed by atoms with Gasteiger partial charge in [0.2, 0.25) is 0 Å². The standard InChI is InChI=1S/C11H21NO/c1-10(2)8(9(10)12)11(3)4-6-13-7-5-11/h8-9H,4-7,12H2,1-3H3/t8-,9-/m1/s1. The van der Waals surface area contributed by atoms with Gasteiger partial charge in [-0.2, -0.15) is 0 Å². The topological polar surface area (TPSA) is 35.2 Å². The lowest BCUT2D eigenvalue weighted by Crippen LogP contribution is -2.31. The SMILES string of the molecule is CC1([C@@H]2[C@@H](N)C2(C)C)CCOCC1. The Morgan fingerprint density at radius 1 is 1.15 bits per heavy atom. The summed E-state index contributed by atoms with van der Waals surface area (Å²) in [5, 5.41) is 0. The molecule has 0 aromatic heterocycles. The van der Waals surface area contributed by atoms with Crippen molar-refractivity contribution in [2.24, 2.45) is 22.5 Å². The summed E-state index contributed by atoms with van der Waals surface area (Å²) in [6.45, 7) is 8.83. The predicted molar refractivity (Wildman–Crippen MR) is 53.4 cm³/mol. The molecule has 1 aliphatic carbocycles. The van der Waals surface area contributed by atoms with Crippen molar-refractivity contribution < 1.29 is 4.74 Å². The van der Waals surface area contributed by atoms with Gasteiger partial charge in [0.15, 0.2) is 0 Å². The molecular formula is C11H21NO. The van der Waals surface area contributed by atoms with E-state index in [4.69, 9.17) is 10.5 Å². The highest BCUT2D eigenvalue weighted by atomic mass is 16.5. The lowest BCUT2D eigenvalue weighted by atomic mass is 9.75. The summed E-state index contributed by atoms with van der Waals surface area (Å²) in [7, 11) is 0. The summed E-state index contributed by atoms with van der Waals surface area (Å²) in [6, 6.07) is 0.413. The van der Waals surface area contributed by atoms with Crippen LogP contribution in [0.3, 0.4) is 0 Å². The Morgan fingerprint density at radius 3 is 2.00 bits per heavy atom. The van der Waals surface area contributed by atoms with E-state index in [0.717, 1.165) is 13.2 Å². The second kappa shape index (κ2) is 2.71. The molecule has 2 N–H and O–H groups in total. The molecule has 1 saturated carbocycles. The Balaban J connectivity index is 2.08. The van der Waals surface area contributed by atoms with E-state index in [2.05, 4.69) is 20.8 Å². The highest BCUT2D eigenvalue weighted by Crippen LogP contribution is 2.62. The maximum Gasteiger partial charge on any atom is 0.0471 e. The van der Waals surface area contributed by atoms with Crippen molar-refractivity contribution >= 4 is 0 Å². The first-order valence-electron chi connectivity index (χ1n) is 5.32. The van der Waals surface area contributed by atoms with Crippen LogP contribution in [-0.4, -0.2) is 19.3 Å². The van der Waals surface area contributed by atoms with Crippen molar-refractivity contribution in [2.45, 2.75) is 39.7 Å². The zero-order chi connectivity index (χ0) is 9.69. The highest BCUT2D eigenvalue weighted by Gasteiger charge is 2.62. The summed E-state index contributed by atoms with van der Waals surface area (Å²) in [4.78, 5) is 0. The third-order valence-electron chi connectivity index (χ3n) is 4.30. The Kier molecular flexibility index (Phi) is 1.97. The van der Waals surface area contributed by atoms with E-state index in [1.807, 2.05) is 0 Å². The normalized spacial score (nSPS) is 41.5. The zero-order valence-electron chi connectivity index (χ0n) is 8.97. The van der Waals surface area contributed by atoms with Crippen molar-refractivity contribution in [3.8, 4) is 0 Å². The zero-order valence-corrected chi connectivity index (χ0v) is 8.97.